The summed E-state index contributed by atoms with van der Waals surface area (Å²) < 4.78 is 0. The topological polar surface area (TPSA) is 29.3 Å². The van der Waals surface area contributed by atoms with Crippen LogP contribution in [0.4, 0.5) is 11.4 Å². The van der Waals surface area contributed by atoms with Crippen LogP contribution in [-0.4, -0.2) is 13.6 Å². The van der Waals surface area contributed by atoms with Crippen molar-refractivity contribution in [3.63, 3.8) is 0 Å². The highest BCUT2D eigenvalue weighted by Crippen LogP contribution is 2.29. The van der Waals surface area contributed by atoms with Crippen molar-refractivity contribution in [1.29, 1.82) is 0 Å². The molecule has 2 aromatic rings. The lowest BCUT2D eigenvalue weighted by atomic mass is 10.1. The van der Waals surface area contributed by atoms with Crippen molar-refractivity contribution in [1.82, 2.24) is 0 Å². The highest BCUT2D eigenvalue weighted by atomic mass is 15.1. The van der Waals surface area contributed by atoms with E-state index in [1.807, 2.05) is 0 Å². The molecule has 2 aromatic carbocycles. The lowest BCUT2D eigenvalue weighted by Gasteiger charge is -2.24. The molecule has 0 fully saturated rings. The predicted molar refractivity (Wildman–Crippen MR) is 78.4 cm³/mol. The van der Waals surface area contributed by atoms with Gasteiger partial charge in [0.1, 0.15) is 0 Å². The van der Waals surface area contributed by atoms with Gasteiger partial charge in [-0.15, -0.1) is 0 Å². The molecule has 0 heterocycles. The fraction of sp³-hybridized carbons (Fsp3) is 0.250. The van der Waals surface area contributed by atoms with E-state index in [9.17, 15) is 0 Å². The minimum atomic E-state index is 0.679. The van der Waals surface area contributed by atoms with Gasteiger partial charge in [0.15, 0.2) is 0 Å². The van der Waals surface area contributed by atoms with Crippen LogP contribution in [0.25, 0.3) is 0 Å². The summed E-state index contributed by atoms with van der Waals surface area (Å²) in [5, 5.41) is 0. The number of hydrogen-bond donors (Lipinski definition) is 1. The molecule has 0 radical (unpaired) electrons. The summed E-state index contributed by atoms with van der Waals surface area (Å²) in [5.74, 6) is 0. The summed E-state index contributed by atoms with van der Waals surface area (Å²) >= 11 is 0. The van der Waals surface area contributed by atoms with Gasteiger partial charge >= 0.3 is 0 Å². The van der Waals surface area contributed by atoms with Crippen molar-refractivity contribution >= 4 is 11.4 Å². The van der Waals surface area contributed by atoms with Gasteiger partial charge in [0.25, 0.3) is 0 Å². The normalized spacial score (nSPS) is 10.4. The number of nitrogens with zero attached hydrogens (tertiary/aromatic N) is 1. The monoisotopic (exact) mass is 240 g/mol. The van der Waals surface area contributed by atoms with Crippen LogP contribution in [-0.2, 0) is 6.42 Å². The fourth-order valence-corrected chi connectivity index (χ4v) is 2.27. The third-order valence-corrected chi connectivity index (χ3v) is 3.24. The van der Waals surface area contributed by atoms with E-state index in [1.165, 1.54) is 22.5 Å². The first-order valence-corrected chi connectivity index (χ1v) is 6.31. The van der Waals surface area contributed by atoms with Crippen LogP contribution in [0.3, 0.4) is 0 Å². The summed E-state index contributed by atoms with van der Waals surface area (Å²) in [6.45, 7) is 2.82. The Bertz CT molecular complexity index is 520. The molecule has 0 aromatic heterocycles. The summed E-state index contributed by atoms with van der Waals surface area (Å²) in [6.07, 6.45) is 0.909. The second kappa shape index (κ2) is 5.69. The number of benzene rings is 2. The van der Waals surface area contributed by atoms with Crippen molar-refractivity contribution < 1.29 is 0 Å². The van der Waals surface area contributed by atoms with E-state index in [0.29, 0.717) is 6.54 Å². The van der Waals surface area contributed by atoms with Crippen LogP contribution < -0.4 is 10.6 Å². The number of rotatable bonds is 4. The van der Waals surface area contributed by atoms with E-state index in [-0.39, 0.29) is 0 Å². The second-order valence-electron chi connectivity index (χ2n) is 4.51. The standard InChI is InChI=1S/C16H20N2/c1-13-7-3-5-9-15(13)18(2)16-10-6-4-8-14(16)11-12-17/h3-10H,11-12,17H2,1-2H3. The Morgan fingerprint density at radius 2 is 1.56 bits per heavy atom. The van der Waals surface area contributed by atoms with Crippen LogP contribution in [0.1, 0.15) is 11.1 Å². The second-order valence-corrected chi connectivity index (χ2v) is 4.51. The summed E-state index contributed by atoms with van der Waals surface area (Å²) in [4.78, 5) is 2.24. The molecule has 94 valence electrons. The van der Waals surface area contributed by atoms with Crippen molar-refractivity contribution in [2.24, 2.45) is 5.73 Å². The van der Waals surface area contributed by atoms with E-state index in [0.717, 1.165) is 6.42 Å². The van der Waals surface area contributed by atoms with E-state index in [4.69, 9.17) is 5.73 Å². The predicted octanol–water partition coefficient (Wildman–Crippen LogP) is 3.26. The molecule has 2 nitrogen and oxygen atoms in total. The molecule has 0 aliphatic heterocycles. The van der Waals surface area contributed by atoms with Gasteiger partial charge in [0.2, 0.25) is 0 Å². The van der Waals surface area contributed by atoms with Gasteiger partial charge in [-0.25, -0.2) is 0 Å². The summed E-state index contributed by atoms with van der Waals surface area (Å²) in [6, 6.07) is 16.9. The van der Waals surface area contributed by atoms with Crippen molar-refractivity contribution in [3.8, 4) is 0 Å². The summed E-state index contributed by atoms with van der Waals surface area (Å²) in [5.41, 5.74) is 10.7. The molecule has 2 N–H and O–H groups in total. The molecule has 0 spiro atoms. The van der Waals surface area contributed by atoms with Gasteiger partial charge < -0.3 is 10.6 Å². The minimum absolute atomic E-state index is 0.679. The first-order chi connectivity index (χ1) is 8.74. The number of aryl methyl sites for hydroxylation is 1. The van der Waals surface area contributed by atoms with Gasteiger partial charge in [-0.3, -0.25) is 0 Å². The maximum atomic E-state index is 5.68. The first-order valence-electron chi connectivity index (χ1n) is 6.31. The zero-order valence-corrected chi connectivity index (χ0v) is 11.1. The molecular weight excluding hydrogens is 220 g/mol. The molecule has 0 saturated carbocycles. The molecular formula is C16H20N2. The SMILES string of the molecule is Cc1ccccc1N(C)c1ccccc1CCN. The molecule has 0 aliphatic carbocycles. The molecule has 0 bridgehead atoms. The van der Waals surface area contributed by atoms with Crippen LogP contribution in [0, 0.1) is 6.92 Å². The molecule has 0 amide bonds. The zero-order chi connectivity index (χ0) is 13.0. The Morgan fingerprint density at radius 3 is 2.22 bits per heavy atom. The highest BCUT2D eigenvalue weighted by Gasteiger charge is 2.09. The van der Waals surface area contributed by atoms with Crippen molar-refractivity contribution in [2.75, 3.05) is 18.5 Å². The van der Waals surface area contributed by atoms with E-state index < -0.39 is 0 Å². The van der Waals surface area contributed by atoms with Gasteiger partial charge in [-0.1, -0.05) is 36.4 Å². The van der Waals surface area contributed by atoms with E-state index >= 15 is 0 Å². The van der Waals surface area contributed by atoms with Crippen molar-refractivity contribution in [3.05, 3.63) is 59.7 Å². The Balaban J connectivity index is 2.40. The number of nitrogens with two attached hydrogens (primary N) is 1. The van der Waals surface area contributed by atoms with E-state index in [1.54, 1.807) is 0 Å². The molecule has 2 rings (SSSR count). The van der Waals surface area contributed by atoms with E-state index in [2.05, 4.69) is 67.4 Å². The maximum Gasteiger partial charge on any atom is 0.0441 e. The first kappa shape index (κ1) is 12.7. The maximum absolute atomic E-state index is 5.68. The van der Waals surface area contributed by atoms with Crippen LogP contribution in [0.15, 0.2) is 48.5 Å². The minimum Gasteiger partial charge on any atom is -0.344 e. The fourth-order valence-electron chi connectivity index (χ4n) is 2.27. The van der Waals surface area contributed by atoms with Crippen LogP contribution in [0.2, 0.25) is 0 Å². The van der Waals surface area contributed by atoms with Gasteiger partial charge in [-0.2, -0.15) is 0 Å². The lowest BCUT2D eigenvalue weighted by Crippen LogP contribution is -2.14. The molecule has 0 aliphatic rings. The largest absolute Gasteiger partial charge is 0.344 e. The average molecular weight is 240 g/mol. The van der Waals surface area contributed by atoms with Gasteiger partial charge in [0, 0.05) is 18.4 Å². The molecule has 2 heteroatoms. The molecule has 0 unspecified atom stereocenters. The Hall–Kier alpha value is -1.80. The highest BCUT2D eigenvalue weighted by molar-refractivity contribution is 5.68. The quantitative estimate of drug-likeness (QED) is 0.888. The third-order valence-electron chi connectivity index (χ3n) is 3.24. The van der Waals surface area contributed by atoms with Crippen LogP contribution >= 0.6 is 0 Å². The number of hydrogen-bond acceptors (Lipinski definition) is 2. The molecule has 0 saturated heterocycles. The Kier molecular flexibility index (Phi) is 4.00. The lowest BCUT2D eigenvalue weighted by molar-refractivity contribution is 0.960. The molecule has 18 heavy (non-hydrogen) atoms. The number of para-hydroxylation sites is 2. The van der Waals surface area contributed by atoms with Crippen LogP contribution in [0.5, 0.6) is 0 Å². The third kappa shape index (κ3) is 2.54. The Labute approximate surface area is 109 Å². The van der Waals surface area contributed by atoms with Gasteiger partial charge in [0.05, 0.1) is 0 Å². The average Bonchev–Trinajstić information content (AvgIpc) is 2.40. The van der Waals surface area contributed by atoms with Crippen molar-refractivity contribution in [2.45, 2.75) is 13.3 Å². The Morgan fingerprint density at radius 1 is 0.944 bits per heavy atom. The molecule has 0 atom stereocenters. The zero-order valence-electron chi connectivity index (χ0n) is 11.1. The van der Waals surface area contributed by atoms with Gasteiger partial charge in [-0.05, 0) is 43.1 Å². The summed E-state index contributed by atoms with van der Waals surface area (Å²) in [7, 11) is 2.11. The number of anilines is 2. The smallest absolute Gasteiger partial charge is 0.0441 e.